The van der Waals surface area contributed by atoms with E-state index < -0.39 is 12.2 Å². The van der Waals surface area contributed by atoms with Crippen LogP contribution in [0.2, 0.25) is 20.1 Å². The molecule has 1 heterocycles. The first-order valence-electron chi connectivity index (χ1n) is 8.37. The Kier molecular flexibility index (Phi) is 5.62. The Morgan fingerprint density at radius 3 is 1.79 bits per heavy atom. The van der Waals surface area contributed by atoms with Crippen molar-refractivity contribution in [2.45, 2.75) is 12.2 Å². The van der Waals surface area contributed by atoms with E-state index in [1.165, 1.54) is 0 Å². The molecule has 0 aromatic heterocycles. The van der Waals surface area contributed by atoms with Gasteiger partial charge in [0.25, 0.3) is 0 Å². The van der Waals surface area contributed by atoms with Crippen molar-refractivity contribution in [1.82, 2.24) is 0 Å². The van der Waals surface area contributed by atoms with Crippen LogP contribution >= 0.6 is 46.4 Å². The summed E-state index contributed by atoms with van der Waals surface area (Å²) < 4.78 is 12.3. The lowest BCUT2D eigenvalue weighted by molar-refractivity contribution is 0.0527. The van der Waals surface area contributed by atoms with E-state index in [4.69, 9.17) is 55.9 Å². The highest BCUT2D eigenvalue weighted by Crippen LogP contribution is 2.54. The lowest BCUT2D eigenvalue weighted by Crippen LogP contribution is -2.32. The van der Waals surface area contributed by atoms with Crippen LogP contribution in [-0.4, -0.2) is 6.10 Å². The predicted molar refractivity (Wildman–Crippen MR) is 114 cm³/mol. The number of halogens is 4. The van der Waals surface area contributed by atoms with Crippen LogP contribution < -0.4 is 9.47 Å². The Morgan fingerprint density at radius 1 is 0.643 bits per heavy atom. The van der Waals surface area contributed by atoms with Crippen LogP contribution in [0.3, 0.4) is 0 Å². The second kappa shape index (κ2) is 8.15. The first-order chi connectivity index (χ1) is 13.6. The van der Waals surface area contributed by atoms with Crippen molar-refractivity contribution >= 4 is 46.4 Å². The molecule has 1 aliphatic rings. The number of hydrogen-bond donors (Lipinski definition) is 0. The molecule has 0 radical (unpaired) electrons. The molecule has 4 rings (SSSR count). The summed E-state index contributed by atoms with van der Waals surface area (Å²) in [7, 11) is 0. The molecule has 3 aromatic rings. The number of ether oxygens (including phenoxy) is 2. The molecule has 28 heavy (non-hydrogen) atoms. The maximum absolute atomic E-state index is 6.35. The Balaban J connectivity index is 1.81. The van der Waals surface area contributed by atoms with Crippen LogP contribution in [0, 0.1) is 11.8 Å². The van der Waals surface area contributed by atoms with Crippen LogP contribution in [0.15, 0.2) is 60.7 Å². The number of hydrogen-bond acceptors (Lipinski definition) is 2. The minimum absolute atomic E-state index is 0.114. The van der Waals surface area contributed by atoms with Crippen LogP contribution in [0.5, 0.6) is 11.5 Å². The Bertz CT molecular complexity index is 1070. The highest BCUT2D eigenvalue weighted by molar-refractivity contribution is 6.53. The maximum atomic E-state index is 6.35. The molecule has 0 amide bonds. The third kappa shape index (κ3) is 3.64. The zero-order valence-corrected chi connectivity index (χ0v) is 17.3. The summed E-state index contributed by atoms with van der Waals surface area (Å²) >= 11 is 25.0. The summed E-state index contributed by atoms with van der Waals surface area (Å²) in [6.07, 6.45) is -1.14. The van der Waals surface area contributed by atoms with Gasteiger partial charge < -0.3 is 9.47 Å². The normalized spacial score (nSPS) is 17.6. The molecular formula is C22H12Cl4O2. The van der Waals surface area contributed by atoms with Gasteiger partial charge in [-0.25, -0.2) is 0 Å². The van der Waals surface area contributed by atoms with E-state index in [0.717, 1.165) is 11.1 Å². The summed E-state index contributed by atoms with van der Waals surface area (Å²) in [5.74, 6) is 6.74. The zero-order chi connectivity index (χ0) is 19.7. The average molecular weight is 450 g/mol. The number of benzene rings is 3. The molecule has 1 aliphatic heterocycles. The van der Waals surface area contributed by atoms with E-state index in [2.05, 4.69) is 11.8 Å². The van der Waals surface area contributed by atoms with Gasteiger partial charge in [-0.15, -0.1) is 0 Å². The molecular weight excluding hydrogens is 438 g/mol. The van der Waals surface area contributed by atoms with Gasteiger partial charge in [0.05, 0.1) is 10.0 Å². The fourth-order valence-corrected chi connectivity index (χ4v) is 3.75. The van der Waals surface area contributed by atoms with Gasteiger partial charge in [-0.3, -0.25) is 0 Å². The molecule has 140 valence electrons. The highest BCUT2D eigenvalue weighted by atomic mass is 35.5. The third-order valence-electron chi connectivity index (χ3n) is 4.21. The molecule has 0 saturated carbocycles. The standard InChI is InChI=1S/C22H12Cl4O2/c23-16-17(24)19(26)22-21(18(16)25)27-15(12-11-13-7-3-1-4-8-13)20(28-22)14-9-5-2-6-10-14/h1-10,15,20H. The van der Waals surface area contributed by atoms with E-state index in [1.807, 2.05) is 60.7 Å². The average Bonchev–Trinajstić information content (AvgIpc) is 2.75. The quantitative estimate of drug-likeness (QED) is 0.221. The minimum Gasteiger partial charge on any atom is -0.475 e. The summed E-state index contributed by atoms with van der Waals surface area (Å²) in [6, 6.07) is 19.2. The van der Waals surface area contributed by atoms with Crippen molar-refractivity contribution in [3.8, 4) is 23.3 Å². The maximum Gasteiger partial charge on any atom is 0.200 e. The van der Waals surface area contributed by atoms with E-state index in [-0.39, 0.29) is 31.6 Å². The largest absolute Gasteiger partial charge is 0.475 e. The molecule has 3 aromatic carbocycles. The molecule has 6 heteroatoms. The molecule has 0 bridgehead atoms. The number of fused-ring (bicyclic) bond motifs is 1. The zero-order valence-electron chi connectivity index (χ0n) is 14.3. The van der Waals surface area contributed by atoms with E-state index in [1.54, 1.807) is 0 Å². The Hall–Kier alpha value is -2.02. The summed E-state index contributed by atoms with van der Waals surface area (Å²) in [5.41, 5.74) is 1.75. The lowest BCUT2D eigenvalue weighted by atomic mass is 10.0. The van der Waals surface area contributed by atoms with Gasteiger partial charge in [0.2, 0.25) is 6.10 Å². The summed E-state index contributed by atoms with van der Waals surface area (Å²) in [6.45, 7) is 0. The molecule has 0 spiro atoms. The number of rotatable bonds is 1. The van der Waals surface area contributed by atoms with Gasteiger partial charge in [-0.2, -0.15) is 0 Å². The first-order valence-corrected chi connectivity index (χ1v) is 9.88. The van der Waals surface area contributed by atoms with Gasteiger partial charge >= 0.3 is 0 Å². The molecule has 2 unspecified atom stereocenters. The van der Waals surface area contributed by atoms with Gasteiger partial charge in [-0.05, 0) is 23.6 Å². The smallest absolute Gasteiger partial charge is 0.200 e. The molecule has 0 saturated heterocycles. The topological polar surface area (TPSA) is 18.5 Å². The van der Waals surface area contributed by atoms with Crippen LogP contribution in [0.4, 0.5) is 0 Å². The van der Waals surface area contributed by atoms with Crippen LogP contribution in [0.25, 0.3) is 0 Å². The van der Waals surface area contributed by atoms with Gasteiger partial charge in [0.1, 0.15) is 10.0 Å². The minimum atomic E-state index is -0.624. The van der Waals surface area contributed by atoms with E-state index in [0.29, 0.717) is 0 Å². The molecule has 0 aliphatic carbocycles. The van der Waals surface area contributed by atoms with Crippen molar-refractivity contribution in [1.29, 1.82) is 0 Å². The molecule has 2 nitrogen and oxygen atoms in total. The molecule has 0 fully saturated rings. The summed E-state index contributed by atoms with van der Waals surface area (Å²) in [5, 5.41) is 0.533. The fraction of sp³-hybridized carbons (Fsp3) is 0.0909. The van der Waals surface area contributed by atoms with Crippen molar-refractivity contribution in [2.24, 2.45) is 0 Å². The van der Waals surface area contributed by atoms with Gasteiger partial charge in [-0.1, -0.05) is 101 Å². The SMILES string of the molecule is Clc1c(Cl)c(Cl)c2c(c1Cl)OC(C#Cc1ccccc1)C(c1ccccc1)O2. The van der Waals surface area contributed by atoms with Crippen molar-refractivity contribution in [3.05, 3.63) is 91.9 Å². The molecule has 2 atom stereocenters. The van der Waals surface area contributed by atoms with Gasteiger partial charge in [0, 0.05) is 5.56 Å². The highest BCUT2D eigenvalue weighted by Gasteiger charge is 2.36. The van der Waals surface area contributed by atoms with Crippen LogP contribution in [-0.2, 0) is 0 Å². The Labute approximate surface area is 182 Å². The third-order valence-corrected chi connectivity index (χ3v) is 5.98. The van der Waals surface area contributed by atoms with Crippen molar-refractivity contribution in [3.63, 3.8) is 0 Å². The summed E-state index contributed by atoms with van der Waals surface area (Å²) in [4.78, 5) is 0. The van der Waals surface area contributed by atoms with Crippen LogP contribution in [0.1, 0.15) is 17.2 Å². The van der Waals surface area contributed by atoms with E-state index in [9.17, 15) is 0 Å². The molecule has 0 N–H and O–H groups in total. The second-order valence-corrected chi connectivity index (χ2v) is 7.55. The fourth-order valence-electron chi connectivity index (χ4n) is 2.85. The van der Waals surface area contributed by atoms with E-state index >= 15 is 0 Å². The van der Waals surface area contributed by atoms with Gasteiger partial charge in [0.15, 0.2) is 17.6 Å². The van der Waals surface area contributed by atoms with Crippen molar-refractivity contribution in [2.75, 3.05) is 0 Å². The lowest BCUT2D eigenvalue weighted by Gasteiger charge is -2.33. The Morgan fingerprint density at radius 2 is 1.18 bits per heavy atom. The first kappa shape index (κ1) is 19.3. The monoisotopic (exact) mass is 448 g/mol. The second-order valence-electron chi connectivity index (χ2n) is 6.04. The predicted octanol–water partition coefficient (Wildman–Crippen LogP) is 7.23. The van der Waals surface area contributed by atoms with Crippen molar-refractivity contribution < 1.29 is 9.47 Å².